The van der Waals surface area contributed by atoms with Crippen LogP contribution in [0.4, 0.5) is 0 Å². The van der Waals surface area contributed by atoms with Crippen molar-refractivity contribution in [2.24, 2.45) is 0 Å². The van der Waals surface area contributed by atoms with E-state index in [1.807, 2.05) is 37.3 Å². The molecule has 0 aliphatic heterocycles. The van der Waals surface area contributed by atoms with Crippen LogP contribution in [0, 0.1) is 11.8 Å². The molecule has 2 heterocycles. The monoisotopic (exact) mass is 380 g/mol. The topological polar surface area (TPSA) is 83.0 Å². The minimum absolute atomic E-state index is 0.370. The van der Waals surface area contributed by atoms with Gasteiger partial charge in [0.2, 0.25) is 5.89 Å². The van der Waals surface area contributed by atoms with Gasteiger partial charge in [-0.2, -0.15) is 15.0 Å². The number of benzene rings is 1. The predicted octanol–water partition coefficient (Wildman–Crippen LogP) is 3.70. The molecule has 3 rings (SSSR count). The molecule has 0 N–H and O–H groups in total. The highest BCUT2D eigenvalue weighted by molar-refractivity contribution is 5.74. The molecule has 1 aromatic carbocycles. The number of hydrogen-bond acceptors (Lipinski definition) is 6. The average Bonchev–Trinajstić information content (AvgIpc) is 3.44. The number of oxazole rings is 1. The third-order valence-electron chi connectivity index (χ3n) is 3.72. The summed E-state index contributed by atoms with van der Waals surface area (Å²) in [5.41, 5.74) is 2.03. The third kappa shape index (κ3) is 6.09. The first kappa shape index (κ1) is 20.9. The maximum Gasteiger partial charge on any atom is 0.333 e. The van der Waals surface area contributed by atoms with Crippen molar-refractivity contribution in [2.45, 2.75) is 39.2 Å². The van der Waals surface area contributed by atoms with Gasteiger partial charge in [-0.25, -0.2) is 9.78 Å². The van der Waals surface area contributed by atoms with Gasteiger partial charge in [-0.1, -0.05) is 32.0 Å². The minimum Gasteiger partial charge on any atom is -0.467 e. The Morgan fingerprint density at radius 1 is 1.18 bits per heavy atom. The van der Waals surface area contributed by atoms with E-state index in [4.69, 9.17) is 4.42 Å². The molecule has 146 valence electrons. The molecule has 3 aromatic rings. The molecule has 0 radical (unpaired) electrons. The minimum atomic E-state index is -0.552. The van der Waals surface area contributed by atoms with Crippen molar-refractivity contribution >= 4 is 5.97 Å². The van der Waals surface area contributed by atoms with E-state index >= 15 is 0 Å². The summed E-state index contributed by atoms with van der Waals surface area (Å²) >= 11 is 0. The first-order valence-corrected chi connectivity index (χ1v) is 9.08. The molecule has 0 saturated carbocycles. The largest absolute Gasteiger partial charge is 0.467 e. The lowest BCUT2D eigenvalue weighted by Gasteiger charge is -2.09. The Labute approximate surface area is 164 Å². The third-order valence-corrected chi connectivity index (χ3v) is 3.72. The van der Waals surface area contributed by atoms with Crippen LogP contribution in [0.2, 0.25) is 0 Å². The van der Waals surface area contributed by atoms with E-state index in [0.29, 0.717) is 12.3 Å². The van der Waals surface area contributed by atoms with Gasteiger partial charge in [-0.3, -0.25) is 0 Å². The van der Waals surface area contributed by atoms with E-state index in [9.17, 15) is 4.79 Å². The zero-order valence-corrected chi connectivity index (χ0v) is 16.3. The summed E-state index contributed by atoms with van der Waals surface area (Å²) in [6.07, 6.45) is 6.79. The normalized spacial score (nSPS) is 10.8. The van der Waals surface area contributed by atoms with Crippen LogP contribution in [-0.4, -0.2) is 33.1 Å². The molecule has 1 atom stereocenters. The van der Waals surface area contributed by atoms with Crippen molar-refractivity contribution in [2.75, 3.05) is 7.11 Å². The summed E-state index contributed by atoms with van der Waals surface area (Å²) < 4.78 is 9.99. The van der Waals surface area contributed by atoms with Gasteiger partial charge in [0.1, 0.15) is 6.26 Å². The zero-order chi connectivity index (χ0) is 20.2. The Balaban J connectivity index is 0.000000202. The van der Waals surface area contributed by atoms with Crippen LogP contribution < -0.4 is 0 Å². The van der Waals surface area contributed by atoms with E-state index < -0.39 is 6.04 Å². The highest BCUT2D eigenvalue weighted by Gasteiger charge is 2.21. The molecule has 28 heavy (non-hydrogen) atoms. The lowest BCUT2D eigenvalue weighted by molar-refractivity contribution is -0.145. The Morgan fingerprint density at radius 2 is 1.89 bits per heavy atom. The Kier molecular flexibility index (Phi) is 8.47. The molecule has 1 unspecified atom stereocenters. The number of nitrogens with zero attached hydrogens (tertiary/aromatic N) is 4. The van der Waals surface area contributed by atoms with E-state index in [1.165, 1.54) is 24.3 Å². The number of carbonyl (C=O) groups is 1. The average molecular weight is 380 g/mol. The smallest absolute Gasteiger partial charge is 0.333 e. The fraction of sp³-hybridized carbons (Fsp3) is 0.333. The summed E-state index contributed by atoms with van der Waals surface area (Å²) in [5.74, 6) is 6.11. The van der Waals surface area contributed by atoms with E-state index in [0.717, 1.165) is 24.1 Å². The van der Waals surface area contributed by atoms with Gasteiger partial charge >= 0.3 is 5.97 Å². The number of aromatic nitrogens is 4. The van der Waals surface area contributed by atoms with Crippen LogP contribution in [0.5, 0.6) is 0 Å². The van der Waals surface area contributed by atoms with Crippen molar-refractivity contribution in [3.63, 3.8) is 0 Å². The number of hydrogen-bond donors (Lipinski definition) is 0. The SMILES string of the molecule is CCC#CCC(C(=O)OC)n1nccn1.CCc1coc(-c2ccccc2)n1. The quantitative estimate of drug-likeness (QED) is 0.496. The molecule has 0 aliphatic carbocycles. The molecule has 7 nitrogen and oxygen atoms in total. The van der Waals surface area contributed by atoms with Gasteiger partial charge in [-0.05, 0) is 18.6 Å². The predicted molar refractivity (Wildman–Crippen MR) is 105 cm³/mol. The van der Waals surface area contributed by atoms with Crippen LogP contribution in [-0.2, 0) is 16.0 Å². The number of ether oxygens (including phenoxy) is 1. The maximum atomic E-state index is 11.4. The van der Waals surface area contributed by atoms with Crippen molar-refractivity contribution in [3.8, 4) is 23.3 Å². The van der Waals surface area contributed by atoms with Crippen molar-refractivity contribution in [1.82, 2.24) is 20.0 Å². The number of rotatable bonds is 5. The summed E-state index contributed by atoms with van der Waals surface area (Å²) in [5, 5.41) is 7.80. The Bertz CT molecular complexity index is 893. The Hall–Kier alpha value is -3.40. The van der Waals surface area contributed by atoms with Gasteiger partial charge in [0, 0.05) is 18.4 Å². The van der Waals surface area contributed by atoms with Crippen LogP contribution in [0.15, 0.2) is 53.4 Å². The molecule has 0 aliphatic rings. The molecular weight excluding hydrogens is 356 g/mol. The van der Waals surface area contributed by atoms with Crippen LogP contribution >= 0.6 is 0 Å². The summed E-state index contributed by atoms with van der Waals surface area (Å²) in [7, 11) is 1.34. The second kappa shape index (κ2) is 11.3. The fourth-order valence-corrected chi connectivity index (χ4v) is 2.26. The van der Waals surface area contributed by atoms with Crippen molar-refractivity contribution in [1.29, 1.82) is 0 Å². The first-order valence-electron chi connectivity index (χ1n) is 9.08. The molecule has 2 aromatic heterocycles. The first-order chi connectivity index (χ1) is 13.7. The standard InChI is InChI=1S/C11H11NO.C10H13N3O2/c1-2-10-8-13-11(12-10)9-6-4-3-5-7-9;1-3-4-5-6-9(10(14)15-2)13-11-7-8-12-13/h3-8H,2H2,1H3;7-9H,3,6H2,1-2H3. The number of aryl methyl sites for hydroxylation is 1. The number of carbonyl (C=O) groups excluding carboxylic acids is 1. The molecule has 0 spiro atoms. The second-order valence-corrected chi connectivity index (χ2v) is 5.66. The van der Waals surface area contributed by atoms with Gasteiger partial charge in [0.25, 0.3) is 0 Å². The summed E-state index contributed by atoms with van der Waals surface area (Å²) in [6, 6.07) is 9.36. The van der Waals surface area contributed by atoms with Gasteiger partial charge in [0.15, 0.2) is 6.04 Å². The van der Waals surface area contributed by atoms with E-state index in [-0.39, 0.29) is 5.97 Å². The Morgan fingerprint density at radius 3 is 2.46 bits per heavy atom. The van der Waals surface area contributed by atoms with Crippen LogP contribution in [0.25, 0.3) is 11.5 Å². The number of esters is 1. The highest BCUT2D eigenvalue weighted by Crippen LogP contribution is 2.17. The summed E-state index contributed by atoms with van der Waals surface area (Å²) in [4.78, 5) is 17.1. The zero-order valence-electron chi connectivity index (χ0n) is 16.3. The lowest BCUT2D eigenvalue weighted by Crippen LogP contribution is -2.22. The van der Waals surface area contributed by atoms with Gasteiger partial charge < -0.3 is 9.15 Å². The maximum absolute atomic E-state index is 11.4. The fourth-order valence-electron chi connectivity index (χ4n) is 2.26. The van der Waals surface area contributed by atoms with Gasteiger partial charge in [0.05, 0.1) is 25.2 Å². The van der Waals surface area contributed by atoms with E-state index in [1.54, 1.807) is 6.26 Å². The molecule has 7 heteroatoms. The molecule has 0 bridgehead atoms. The lowest BCUT2D eigenvalue weighted by atomic mass is 10.2. The molecule has 0 fully saturated rings. The van der Waals surface area contributed by atoms with Crippen LogP contribution in [0.1, 0.15) is 38.4 Å². The van der Waals surface area contributed by atoms with Crippen molar-refractivity contribution in [3.05, 3.63) is 54.7 Å². The highest BCUT2D eigenvalue weighted by atomic mass is 16.5. The van der Waals surface area contributed by atoms with Crippen molar-refractivity contribution < 1.29 is 13.9 Å². The number of methoxy groups -OCH3 is 1. The van der Waals surface area contributed by atoms with Crippen LogP contribution in [0.3, 0.4) is 0 Å². The molecule has 0 saturated heterocycles. The summed E-state index contributed by atoms with van der Waals surface area (Å²) in [6.45, 7) is 4.01. The second-order valence-electron chi connectivity index (χ2n) is 5.66. The molecular formula is C21H24N4O3. The molecule has 0 amide bonds. The van der Waals surface area contributed by atoms with Gasteiger partial charge in [-0.15, -0.1) is 11.8 Å². The van der Waals surface area contributed by atoms with E-state index in [2.05, 4.69) is 38.7 Å².